The van der Waals surface area contributed by atoms with E-state index in [1.807, 2.05) is 30.3 Å². The van der Waals surface area contributed by atoms with Gasteiger partial charge in [0.05, 0.1) is 6.04 Å². The highest BCUT2D eigenvalue weighted by atomic mass is 79.9. The van der Waals surface area contributed by atoms with Crippen LogP contribution in [0.25, 0.3) is 10.8 Å². The van der Waals surface area contributed by atoms with Crippen molar-refractivity contribution in [3.8, 4) is 0 Å². The van der Waals surface area contributed by atoms with E-state index in [1.54, 1.807) is 6.07 Å². The van der Waals surface area contributed by atoms with Gasteiger partial charge in [-0.15, -0.1) is 0 Å². The first-order chi connectivity index (χ1) is 10.2. The molecule has 0 aromatic heterocycles. The molecule has 0 bridgehead atoms. The number of benzene rings is 3. The Bertz CT molecular complexity index is 789. The minimum Gasteiger partial charge on any atom is -0.271 e. The van der Waals surface area contributed by atoms with Crippen LogP contribution in [0.4, 0.5) is 4.39 Å². The molecule has 1 unspecified atom stereocenters. The van der Waals surface area contributed by atoms with Crippen LogP contribution in [-0.2, 0) is 0 Å². The van der Waals surface area contributed by atoms with Crippen LogP contribution < -0.4 is 11.3 Å². The molecular formula is C17H14BrFN2. The van der Waals surface area contributed by atoms with Gasteiger partial charge in [-0.2, -0.15) is 0 Å². The first kappa shape index (κ1) is 14.2. The molecule has 0 spiro atoms. The topological polar surface area (TPSA) is 38.0 Å². The van der Waals surface area contributed by atoms with E-state index < -0.39 is 0 Å². The van der Waals surface area contributed by atoms with E-state index >= 15 is 0 Å². The molecule has 1 atom stereocenters. The minimum atomic E-state index is -0.283. The zero-order valence-corrected chi connectivity index (χ0v) is 12.8. The minimum absolute atomic E-state index is 0.278. The lowest BCUT2D eigenvalue weighted by Crippen LogP contribution is -2.29. The molecule has 0 aliphatic heterocycles. The van der Waals surface area contributed by atoms with E-state index in [-0.39, 0.29) is 11.9 Å². The third kappa shape index (κ3) is 2.83. The van der Waals surface area contributed by atoms with Gasteiger partial charge < -0.3 is 0 Å². The smallest absolute Gasteiger partial charge is 0.123 e. The maximum absolute atomic E-state index is 13.5. The van der Waals surface area contributed by atoms with Crippen LogP contribution in [0.2, 0.25) is 0 Å². The summed E-state index contributed by atoms with van der Waals surface area (Å²) in [5, 5.41) is 2.29. The number of hydrogen-bond donors (Lipinski definition) is 2. The Balaban J connectivity index is 2.11. The molecule has 3 aromatic rings. The fraction of sp³-hybridized carbons (Fsp3) is 0.0588. The highest BCUT2D eigenvalue weighted by molar-refractivity contribution is 9.10. The van der Waals surface area contributed by atoms with Crippen molar-refractivity contribution >= 4 is 26.7 Å². The molecule has 0 heterocycles. The molecule has 0 fully saturated rings. The van der Waals surface area contributed by atoms with Gasteiger partial charge in [0, 0.05) is 4.47 Å². The summed E-state index contributed by atoms with van der Waals surface area (Å²) in [6.45, 7) is 0. The Morgan fingerprint density at radius 2 is 1.71 bits per heavy atom. The maximum Gasteiger partial charge on any atom is 0.123 e. The number of nitrogens with two attached hydrogens (primary N) is 1. The Morgan fingerprint density at radius 3 is 2.48 bits per heavy atom. The zero-order chi connectivity index (χ0) is 14.8. The van der Waals surface area contributed by atoms with Gasteiger partial charge in [0.1, 0.15) is 5.82 Å². The standard InChI is InChI=1S/C17H14BrFN2/c18-16-8-7-14(19)10-15(16)17(21-20)13-6-5-11-3-1-2-4-12(11)9-13/h1-10,17,21H,20H2. The largest absolute Gasteiger partial charge is 0.271 e. The van der Waals surface area contributed by atoms with Crippen LogP contribution in [0, 0.1) is 5.82 Å². The molecule has 3 aromatic carbocycles. The molecule has 4 heteroatoms. The normalized spacial score (nSPS) is 12.5. The van der Waals surface area contributed by atoms with Crippen LogP contribution in [0.3, 0.4) is 0 Å². The van der Waals surface area contributed by atoms with Gasteiger partial charge in [-0.3, -0.25) is 5.84 Å². The van der Waals surface area contributed by atoms with Gasteiger partial charge in [0.25, 0.3) is 0 Å². The fourth-order valence-electron chi connectivity index (χ4n) is 2.49. The second-order valence-electron chi connectivity index (χ2n) is 4.87. The van der Waals surface area contributed by atoms with Crippen molar-refractivity contribution in [1.82, 2.24) is 5.43 Å². The molecule has 0 saturated carbocycles. The highest BCUT2D eigenvalue weighted by Gasteiger charge is 2.16. The summed E-state index contributed by atoms with van der Waals surface area (Å²) in [6.07, 6.45) is 0. The first-order valence-electron chi connectivity index (χ1n) is 6.59. The van der Waals surface area contributed by atoms with Gasteiger partial charge in [-0.05, 0) is 46.2 Å². The Labute approximate surface area is 130 Å². The number of halogens is 2. The molecule has 0 aliphatic rings. The van der Waals surface area contributed by atoms with Crippen molar-refractivity contribution in [2.75, 3.05) is 0 Å². The predicted octanol–water partition coefficient (Wildman–Crippen LogP) is 4.29. The van der Waals surface area contributed by atoms with Crippen molar-refractivity contribution in [3.05, 3.63) is 82.1 Å². The summed E-state index contributed by atoms with van der Waals surface area (Å²) < 4.78 is 14.3. The van der Waals surface area contributed by atoms with Gasteiger partial charge in [0.15, 0.2) is 0 Å². The second kappa shape index (κ2) is 5.93. The van der Waals surface area contributed by atoms with Gasteiger partial charge in [-0.25, -0.2) is 9.82 Å². The summed E-state index contributed by atoms with van der Waals surface area (Å²) in [6, 6.07) is 18.5. The summed E-state index contributed by atoms with van der Waals surface area (Å²) in [4.78, 5) is 0. The van der Waals surface area contributed by atoms with Crippen molar-refractivity contribution in [2.45, 2.75) is 6.04 Å². The Hall–Kier alpha value is -1.75. The average Bonchev–Trinajstić information content (AvgIpc) is 2.51. The summed E-state index contributed by atoms with van der Waals surface area (Å²) in [5.74, 6) is 5.42. The monoisotopic (exact) mass is 344 g/mol. The number of hydrazine groups is 1. The number of nitrogens with one attached hydrogen (secondary N) is 1. The number of fused-ring (bicyclic) bond motifs is 1. The summed E-state index contributed by atoms with van der Waals surface area (Å²) in [5.41, 5.74) is 4.53. The molecule has 0 aliphatic carbocycles. The van der Waals surface area contributed by atoms with E-state index in [9.17, 15) is 4.39 Å². The number of hydrogen-bond acceptors (Lipinski definition) is 2. The molecule has 3 N–H and O–H groups in total. The van der Waals surface area contributed by atoms with Crippen LogP contribution >= 0.6 is 15.9 Å². The van der Waals surface area contributed by atoms with E-state index in [4.69, 9.17) is 5.84 Å². The maximum atomic E-state index is 13.5. The molecular weight excluding hydrogens is 331 g/mol. The van der Waals surface area contributed by atoms with Crippen LogP contribution in [0.5, 0.6) is 0 Å². The third-order valence-corrected chi connectivity index (χ3v) is 4.26. The molecule has 0 radical (unpaired) electrons. The van der Waals surface area contributed by atoms with E-state index in [0.29, 0.717) is 0 Å². The van der Waals surface area contributed by atoms with Crippen LogP contribution in [0.1, 0.15) is 17.2 Å². The zero-order valence-electron chi connectivity index (χ0n) is 11.2. The quantitative estimate of drug-likeness (QED) is 0.549. The van der Waals surface area contributed by atoms with Crippen LogP contribution in [0.15, 0.2) is 65.1 Å². The van der Waals surface area contributed by atoms with Crippen molar-refractivity contribution < 1.29 is 4.39 Å². The summed E-state index contributed by atoms with van der Waals surface area (Å²) >= 11 is 3.46. The van der Waals surface area contributed by atoms with Crippen molar-refractivity contribution in [2.24, 2.45) is 5.84 Å². The lowest BCUT2D eigenvalue weighted by Gasteiger charge is -2.19. The van der Waals surface area contributed by atoms with Gasteiger partial charge in [0.2, 0.25) is 0 Å². The van der Waals surface area contributed by atoms with E-state index in [2.05, 4.69) is 33.5 Å². The first-order valence-corrected chi connectivity index (χ1v) is 7.38. The lowest BCUT2D eigenvalue weighted by molar-refractivity contribution is 0.604. The molecule has 0 saturated heterocycles. The van der Waals surface area contributed by atoms with Crippen LogP contribution in [-0.4, -0.2) is 0 Å². The van der Waals surface area contributed by atoms with Gasteiger partial charge >= 0.3 is 0 Å². The van der Waals surface area contributed by atoms with Crippen molar-refractivity contribution in [1.29, 1.82) is 0 Å². The molecule has 21 heavy (non-hydrogen) atoms. The predicted molar refractivity (Wildman–Crippen MR) is 87.2 cm³/mol. The third-order valence-electron chi connectivity index (χ3n) is 3.54. The molecule has 0 amide bonds. The van der Waals surface area contributed by atoms with E-state index in [0.717, 1.165) is 26.4 Å². The second-order valence-corrected chi connectivity index (χ2v) is 5.73. The molecule has 3 rings (SSSR count). The Kier molecular flexibility index (Phi) is 4.01. The highest BCUT2D eigenvalue weighted by Crippen LogP contribution is 2.30. The van der Waals surface area contributed by atoms with E-state index in [1.165, 1.54) is 12.1 Å². The summed E-state index contributed by atoms with van der Waals surface area (Å²) in [7, 11) is 0. The van der Waals surface area contributed by atoms with Crippen molar-refractivity contribution in [3.63, 3.8) is 0 Å². The SMILES string of the molecule is NNC(c1ccc2ccccc2c1)c1cc(F)ccc1Br. The fourth-order valence-corrected chi connectivity index (χ4v) is 2.96. The molecule has 2 nitrogen and oxygen atoms in total. The Morgan fingerprint density at radius 1 is 0.952 bits per heavy atom. The average molecular weight is 345 g/mol. The number of rotatable bonds is 3. The lowest BCUT2D eigenvalue weighted by atomic mass is 9.96. The molecule has 106 valence electrons. The van der Waals surface area contributed by atoms with Gasteiger partial charge in [-0.1, -0.05) is 52.3 Å².